The number of benzene rings is 1. The van der Waals surface area contributed by atoms with E-state index < -0.39 is 5.54 Å². The largest absolute Gasteiger partial charge is 0.353 e. The Kier molecular flexibility index (Phi) is 8.36. The second-order valence-electron chi connectivity index (χ2n) is 7.62. The zero-order chi connectivity index (χ0) is 20.3. The van der Waals surface area contributed by atoms with Crippen LogP contribution in [0.2, 0.25) is 0 Å². The van der Waals surface area contributed by atoms with Crippen molar-refractivity contribution in [3.05, 3.63) is 35.2 Å². The summed E-state index contributed by atoms with van der Waals surface area (Å²) in [6.07, 6.45) is 3.54. The number of imide groups is 1. The van der Waals surface area contributed by atoms with Gasteiger partial charge in [0, 0.05) is 45.9 Å². The Balaban J connectivity index is 0.00000300. The molecule has 2 heterocycles. The topological polar surface area (TPSA) is 63.4 Å². The van der Waals surface area contributed by atoms with Gasteiger partial charge in [-0.1, -0.05) is 24.2 Å². The van der Waals surface area contributed by atoms with Crippen molar-refractivity contribution in [2.75, 3.05) is 24.7 Å². The summed E-state index contributed by atoms with van der Waals surface area (Å²) < 4.78 is 11.3. The summed E-state index contributed by atoms with van der Waals surface area (Å²) >= 11 is 0. The molecule has 0 aliphatic carbocycles. The number of aryl methyl sites for hydroxylation is 1. The van der Waals surface area contributed by atoms with Crippen LogP contribution in [0.5, 0.6) is 0 Å². The Morgan fingerprint density at radius 3 is 2.72 bits per heavy atom. The van der Waals surface area contributed by atoms with Gasteiger partial charge in [-0.15, -0.1) is 12.1 Å². The SMILES string of the molecule is [C-]#[N+]c1ccc(N2C(=O)N(CCCOC3CCCCO3)C(C)(C)C2=O)[c-]c1C.[Y]. The Morgan fingerprint density at radius 2 is 2.10 bits per heavy atom. The maximum atomic E-state index is 13.0. The van der Waals surface area contributed by atoms with Crippen LogP contribution in [0.15, 0.2) is 12.1 Å². The maximum absolute atomic E-state index is 13.0. The third-order valence-electron chi connectivity index (χ3n) is 5.25. The molecule has 1 radical (unpaired) electrons. The fraction of sp³-hybridized carbons (Fsp3) is 0.571. The average Bonchev–Trinajstić information content (AvgIpc) is 2.85. The number of rotatable bonds is 6. The van der Waals surface area contributed by atoms with Crippen LogP contribution in [-0.2, 0) is 47.0 Å². The molecule has 7 nitrogen and oxygen atoms in total. The van der Waals surface area contributed by atoms with Crippen LogP contribution in [0.1, 0.15) is 45.1 Å². The van der Waals surface area contributed by atoms with E-state index in [1.165, 1.54) is 0 Å². The van der Waals surface area contributed by atoms with Crippen molar-refractivity contribution in [1.82, 2.24) is 4.90 Å². The summed E-state index contributed by atoms with van der Waals surface area (Å²) in [6.45, 7) is 14.0. The molecule has 153 valence electrons. The molecule has 1 unspecified atom stereocenters. The molecule has 8 heteroatoms. The molecule has 0 bridgehead atoms. The number of nitrogens with zero attached hydrogens (tertiary/aromatic N) is 3. The van der Waals surface area contributed by atoms with E-state index in [0.29, 0.717) is 36.5 Å². The zero-order valence-electron chi connectivity index (χ0n) is 17.2. The van der Waals surface area contributed by atoms with Crippen molar-refractivity contribution in [2.24, 2.45) is 0 Å². The van der Waals surface area contributed by atoms with E-state index in [9.17, 15) is 9.59 Å². The molecule has 0 spiro atoms. The monoisotopic (exact) mass is 473 g/mol. The molecule has 29 heavy (non-hydrogen) atoms. The third-order valence-corrected chi connectivity index (χ3v) is 5.25. The summed E-state index contributed by atoms with van der Waals surface area (Å²) in [7, 11) is 0. The maximum Gasteiger partial charge on any atom is 0.330 e. The van der Waals surface area contributed by atoms with Crippen molar-refractivity contribution in [3.63, 3.8) is 0 Å². The zero-order valence-corrected chi connectivity index (χ0v) is 20.1. The Bertz CT molecular complexity index is 800. The quantitative estimate of drug-likeness (QED) is 0.358. The van der Waals surface area contributed by atoms with E-state index in [0.717, 1.165) is 30.8 Å². The van der Waals surface area contributed by atoms with Crippen molar-refractivity contribution >= 4 is 23.3 Å². The number of anilines is 1. The summed E-state index contributed by atoms with van der Waals surface area (Å²) in [5, 5.41) is 0. The average molecular weight is 473 g/mol. The van der Waals surface area contributed by atoms with Crippen LogP contribution in [0, 0.1) is 19.6 Å². The molecule has 2 fully saturated rings. The van der Waals surface area contributed by atoms with Crippen LogP contribution in [0.4, 0.5) is 16.2 Å². The molecular weight excluding hydrogens is 447 g/mol. The van der Waals surface area contributed by atoms with Crippen molar-refractivity contribution < 1.29 is 51.8 Å². The van der Waals surface area contributed by atoms with Gasteiger partial charge in [0.25, 0.3) is 5.91 Å². The van der Waals surface area contributed by atoms with E-state index in [-0.39, 0.29) is 50.9 Å². The summed E-state index contributed by atoms with van der Waals surface area (Å²) in [6, 6.07) is 5.85. The van der Waals surface area contributed by atoms with Gasteiger partial charge in [0.1, 0.15) is 12.1 Å². The molecule has 2 saturated heterocycles. The predicted molar refractivity (Wildman–Crippen MR) is 104 cm³/mol. The Hall–Kier alpha value is -1.33. The minimum absolute atomic E-state index is 0. The Morgan fingerprint density at radius 1 is 1.34 bits per heavy atom. The molecule has 3 amide bonds. The molecular formula is C21H26N3O4Y-. The first-order valence-corrected chi connectivity index (χ1v) is 9.66. The first-order chi connectivity index (χ1) is 13.4. The number of hydrogen-bond donors (Lipinski definition) is 0. The number of carbonyl (C=O) groups excluding carboxylic acids is 2. The van der Waals surface area contributed by atoms with Gasteiger partial charge in [0.05, 0.1) is 6.61 Å². The minimum Gasteiger partial charge on any atom is -0.353 e. The number of amides is 3. The normalized spacial score (nSPS) is 21.1. The molecule has 2 aliphatic rings. The molecule has 3 rings (SSSR count). The third kappa shape index (κ3) is 5.06. The second-order valence-corrected chi connectivity index (χ2v) is 7.62. The number of carbonyl (C=O) groups is 2. The van der Waals surface area contributed by atoms with E-state index in [1.807, 2.05) is 0 Å². The van der Waals surface area contributed by atoms with E-state index >= 15 is 0 Å². The molecule has 0 aromatic heterocycles. The first-order valence-electron chi connectivity index (χ1n) is 9.66. The molecule has 2 aliphatic heterocycles. The van der Waals surface area contributed by atoms with Gasteiger partial charge in [-0.25, -0.2) is 9.64 Å². The van der Waals surface area contributed by atoms with Crippen LogP contribution in [-0.4, -0.2) is 48.4 Å². The fourth-order valence-corrected chi connectivity index (χ4v) is 3.54. The molecule has 0 N–H and O–H groups in total. The van der Waals surface area contributed by atoms with Crippen LogP contribution in [0.3, 0.4) is 0 Å². The minimum atomic E-state index is -0.946. The molecule has 1 aromatic rings. The molecule has 1 aromatic carbocycles. The number of hydrogen-bond acceptors (Lipinski definition) is 4. The van der Waals surface area contributed by atoms with Gasteiger partial charge in [-0.3, -0.25) is 9.69 Å². The fourth-order valence-electron chi connectivity index (χ4n) is 3.54. The standard InChI is InChI=1S/C21H26N3O4.Y/c1-15-14-16(9-10-17(15)22-4)24-19(25)21(2,3)23(20(24)26)11-7-13-28-18-8-5-6-12-27-18;/h9-10,18H,5-8,11-13H2,1-3H3;/q-1;. The van der Waals surface area contributed by atoms with Gasteiger partial charge < -0.3 is 14.4 Å². The van der Waals surface area contributed by atoms with Crippen molar-refractivity contribution in [3.8, 4) is 0 Å². The molecule has 1 atom stereocenters. The van der Waals surface area contributed by atoms with Crippen LogP contribution < -0.4 is 4.90 Å². The molecule has 0 saturated carbocycles. The number of ether oxygens (including phenoxy) is 2. The Labute approximate surface area is 197 Å². The van der Waals surface area contributed by atoms with Crippen molar-refractivity contribution in [2.45, 2.75) is 58.3 Å². The van der Waals surface area contributed by atoms with E-state index in [2.05, 4.69) is 10.9 Å². The van der Waals surface area contributed by atoms with Crippen LogP contribution >= 0.6 is 0 Å². The van der Waals surface area contributed by atoms with Gasteiger partial charge in [-0.2, -0.15) is 0 Å². The summed E-state index contributed by atoms with van der Waals surface area (Å²) in [5.41, 5.74) is 0.507. The van der Waals surface area contributed by atoms with Gasteiger partial charge in [0.15, 0.2) is 6.29 Å². The summed E-state index contributed by atoms with van der Waals surface area (Å²) in [5.74, 6) is -0.291. The second kappa shape index (κ2) is 10.1. The number of urea groups is 1. The van der Waals surface area contributed by atoms with Gasteiger partial charge in [-0.05, 0) is 39.5 Å². The smallest absolute Gasteiger partial charge is 0.330 e. The summed E-state index contributed by atoms with van der Waals surface area (Å²) in [4.78, 5) is 32.0. The van der Waals surface area contributed by atoms with Crippen LogP contribution in [0.25, 0.3) is 4.85 Å². The van der Waals surface area contributed by atoms with E-state index in [4.69, 9.17) is 16.0 Å². The first kappa shape index (κ1) is 23.9. The van der Waals surface area contributed by atoms with Gasteiger partial charge in [0.2, 0.25) is 5.69 Å². The predicted octanol–water partition coefficient (Wildman–Crippen LogP) is 3.82. The van der Waals surface area contributed by atoms with Crippen molar-refractivity contribution in [1.29, 1.82) is 0 Å². The van der Waals surface area contributed by atoms with E-state index in [1.54, 1.807) is 37.8 Å². The van der Waals surface area contributed by atoms with Gasteiger partial charge >= 0.3 is 6.03 Å².